The Morgan fingerprint density at radius 3 is 2.31 bits per heavy atom. The molecule has 1 amide bonds. The van der Waals surface area contributed by atoms with Gasteiger partial charge in [0.2, 0.25) is 5.91 Å². The summed E-state index contributed by atoms with van der Waals surface area (Å²) in [5.41, 5.74) is 0.106. The van der Waals surface area contributed by atoms with E-state index in [1.807, 2.05) is 0 Å². The van der Waals surface area contributed by atoms with Gasteiger partial charge in [-0.15, -0.1) is 0 Å². The topological polar surface area (TPSA) is 29.1 Å². The second-order valence-electron chi connectivity index (χ2n) is 4.79. The van der Waals surface area contributed by atoms with Crippen molar-refractivity contribution >= 4 is 5.91 Å². The molecule has 0 saturated heterocycles. The molecule has 1 N–H and O–H groups in total. The Hall–Kier alpha value is -0.530. The maximum Gasteiger partial charge on any atom is 0.220 e. The van der Waals surface area contributed by atoms with Gasteiger partial charge in [-0.05, 0) is 11.8 Å². The van der Waals surface area contributed by atoms with E-state index in [4.69, 9.17) is 0 Å². The lowest BCUT2D eigenvalue weighted by atomic mass is 9.92. The zero-order chi connectivity index (χ0) is 10.3. The molecule has 0 heterocycles. The van der Waals surface area contributed by atoms with Gasteiger partial charge >= 0.3 is 0 Å². The van der Waals surface area contributed by atoms with Gasteiger partial charge in [0.05, 0.1) is 0 Å². The van der Waals surface area contributed by atoms with E-state index in [2.05, 4.69) is 33.0 Å². The summed E-state index contributed by atoms with van der Waals surface area (Å²) >= 11 is 0. The molecule has 0 rings (SSSR count). The van der Waals surface area contributed by atoms with E-state index in [0.717, 1.165) is 13.0 Å². The Balaban J connectivity index is 3.41. The first kappa shape index (κ1) is 12.5. The maximum absolute atomic E-state index is 11.3. The Kier molecular flexibility index (Phi) is 5.76. The summed E-state index contributed by atoms with van der Waals surface area (Å²) < 4.78 is 0. The molecular weight excluding hydrogens is 162 g/mol. The van der Waals surface area contributed by atoms with Gasteiger partial charge in [0, 0.05) is 13.0 Å². The van der Waals surface area contributed by atoms with E-state index >= 15 is 0 Å². The van der Waals surface area contributed by atoms with E-state index < -0.39 is 0 Å². The number of carbonyl (C=O) groups excluding carboxylic acids is 1. The molecule has 0 aromatic heterocycles. The monoisotopic (exact) mass is 185 g/mol. The second-order valence-corrected chi connectivity index (χ2v) is 4.79. The summed E-state index contributed by atoms with van der Waals surface area (Å²) in [6.07, 6.45) is 4.14. The van der Waals surface area contributed by atoms with Crippen LogP contribution < -0.4 is 5.32 Å². The normalized spacial score (nSPS) is 11.4. The van der Waals surface area contributed by atoms with Crippen molar-refractivity contribution in [1.29, 1.82) is 0 Å². The van der Waals surface area contributed by atoms with Crippen LogP contribution in [0.15, 0.2) is 0 Å². The quantitative estimate of drug-likeness (QED) is 0.656. The van der Waals surface area contributed by atoms with Crippen LogP contribution in [-0.2, 0) is 4.79 Å². The first-order valence-corrected chi connectivity index (χ1v) is 5.22. The molecule has 0 aromatic rings. The van der Waals surface area contributed by atoms with Crippen LogP contribution in [0.1, 0.15) is 53.4 Å². The molecule has 0 spiro atoms. The highest BCUT2D eigenvalue weighted by molar-refractivity contribution is 5.76. The average Bonchev–Trinajstić information content (AvgIpc) is 1.94. The molecule has 0 fully saturated rings. The third-order valence-electron chi connectivity index (χ3n) is 1.79. The van der Waals surface area contributed by atoms with Gasteiger partial charge in [-0.25, -0.2) is 0 Å². The molecule has 0 unspecified atom stereocenters. The third-order valence-corrected chi connectivity index (χ3v) is 1.79. The maximum atomic E-state index is 11.3. The summed E-state index contributed by atoms with van der Waals surface area (Å²) in [5.74, 6) is 0.184. The van der Waals surface area contributed by atoms with Crippen molar-refractivity contribution in [2.75, 3.05) is 6.54 Å². The van der Waals surface area contributed by atoms with Gasteiger partial charge in [-0.1, -0.05) is 40.5 Å². The van der Waals surface area contributed by atoms with Gasteiger partial charge < -0.3 is 5.32 Å². The number of nitrogens with one attached hydrogen (secondary N) is 1. The number of rotatable bonds is 5. The smallest absolute Gasteiger partial charge is 0.220 e. The summed E-state index contributed by atoms with van der Waals surface area (Å²) in [7, 11) is 0. The minimum Gasteiger partial charge on any atom is -0.356 e. The Morgan fingerprint density at radius 1 is 1.23 bits per heavy atom. The van der Waals surface area contributed by atoms with Crippen molar-refractivity contribution in [3.05, 3.63) is 0 Å². The van der Waals surface area contributed by atoms with Crippen LogP contribution in [0.4, 0.5) is 0 Å². The van der Waals surface area contributed by atoms with Crippen molar-refractivity contribution in [2.24, 2.45) is 5.41 Å². The third kappa shape index (κ3) is 9.38. The largest absolute Gasteiger partial charge is 0.356 e. The van der Waals surface area contributed by atoms with Crippen LogP contribution in [0.2, 0.25) is 0 Å². The van der Waals surface area contributed by atoms with Crippen molar-refractivity contribution in [3.63, 3.8) is 0 Å². The average molecular weight is 185 g/mol. The van der Waals surface area contributed by atoms with Crippen molar-refractivity contribution < 1.29 is 4.79 Å². The molecule has 13 heavy (non-hydrogen) atoms. The van der Waals surface area contributed by atoms with Crippen LogP contribution in [0, 0.1) is 5.41 Å². The fourth-order valence-corrected chi connectivity index (χ4v) is 1.15. The Bertz CT molecular complexity index is 147. The summed E-state index contributed by atoms with van der Waals surface area (Å²) in [4.78, 5) is 11.3. The molecule has 0 radical (unpaired) electrons. The van der Waals surface area contributed by atoms with Gasteiger partial charge in [0.15, 0.2) is 0 Å². The fraction of sp³-hybridized carbons (Fsp3) is 0.909. The molecule has 0 aliphatic heterocycles. The lowest BCUT2D eigenvalue weighted by molar-refractivity contribution is -0.122. The molecule has 78 valence electrons. The van der Waals surface area contributed by atoms with E-state index in [9.17, 15) is 4.79 Å². The molecule has 0 aliphatic rings. The number of amides is 1. The fourth-order valence-electron chi connectivity index (χ4n) is 1.15. The van der Waals surface area contributed by atoms with Gasteiger partial charge in [0.25, 0.3) is 0 Å². The van der Waals surface area contributed by atoms with E-state index in [1.165, 1.54) is 12.8 Å². The highest BCUT2D eigenvalue weighted by Gasteiger charge is 2.14. The first-order chi connectivity index (χ1) is 5.95. The summed E-state index contributed by atoms with van der Waals surface area (Å²) in [6, 6.07) is 0. The van der Waals surface area contributed by atoms with Gasteiger partial charge in [0.1, 0.15) is 0 Å². The van der Waals surface area contributed by atoms with Crippen molar-refractivity contribution in [2.45, 2.75) is 53.4 Å². The molecule has 2 heteroatoms. The highest BCUT2D eigenvalue weighted by atomic mass is 16.1. The van der Waals surface area contributed by atoms with E-state index in [-0.39, 0.29) is 11.3 Å². The molecule has 0 aromatic carbocycles. The molecule has 0 aliphatic carbocycles. The second kappa shape index (κ2) is 6.01. The lowest BCUT2D eigenvalue weighted by Gasteiger charge is -2.17. The van der Waals surface area contributed by atoms with E-state index in [0.29, 0.717) is 6.42 Å². The standard InChI is InChI=1S/C11H23NO/c1-5-6-7-8-12-10(13)9-11(2,3)4/h5-9H2,1-4H3,(H,12,13). The van der Waals surface area contributed by atoms with Crippen LogP contribution in [0.3, 0.4) is 0 Å². The molecule has 0 atom stereocenters. The van der Waals surface area contributed by atoms with Gasteiger partial charge in [-0.3, -0.25) is 4.79 Å². The number of carbonyl (C=O) groups is 1. The number of hydrogen-bond acceptors (Lipinski definition) is 1. The number of unbranched alkanes of at least 4 members (excludes halogenated alkanes) is 2. The molecule has 0 bridgehead atoms. The summed E-state index contributed by atoms with van der Waals surface area (Å²) in [6.45, 7) is 9.25. The zero-order valence-electron chi connectivity index (χ0n) is 9.44. The first-order valence-electron chi connectivity index (χ1n) is 5.22. The van der Waals surface area contributed by atoms with Crippen molar-refractivity contribution in [3.8, 4) is 0 Å². The van der Waals surface area contributed by atoms with Crippen molar-refractivity contribution in [1.82, 2.24) is 5.32 Å². The van der Waals surface area contributed by atoms with Crippen LogP contribution >= 0.6 is 0 Å². The minimum atomic E-state index is 0.106. The Labute approximate surface area is 82.1 Å². The molecule has 2 nitrogen and oxygen atoms in total. The number of hydrogen-bond donors (Lipinski definition) is 1. The summed E-state index contributed by atoms with van der Waals surface area (Å²) in [5, 5.41) is 2.94. The molecular formula is C11H23NO. The SMILES string of the molecule is CCCCCNC(=O)CC(C)(C)C. The highest BCUT2D eigenvalue weighted by Crippen LogP contribution is 2.17. The zero-order valence-corrected chi connectivity index (χ0v) is 9.44. The van der Waals surface area contributed by atoms with Crippen LogP contribution in [0.5, 0.6) is 0 Å². The predicted octanol–water partition coefficient (Wildman–Crippen LogP) is 2.73. The van der Waals surface area contributed by atoms with E-state index in [1.54, 1.807) is 0 Å². The van der Waals surface area contributed by atoms with Crippen LogP contribution in [-0.4, -0.2) is 12.5 Å². The Morgan fingerprint density at radius 2 is 1.85 bits per heavy atom. The van der Waals surface area contributed by atoms with Gasteiger partial charge in [-0.2, -0.15) is 0 Å². The lowest BCUT2D eigenvalue weighted by Crippen LogP contribution is -2.28. The van der Waals surface area contributed by atoms with Crippen LogP contribution in [0.25, 0.3) is 0 Å². The molecule has 0 saturated carbocycles. The predicted molar refractivity (Wildman–Crippen MR) is 56.6 cm³/mol. The minimum absolute atomic E-state index is 0.106.